The fourth-order valence-electron chi connectivity index (χ4n) is 1.09. The second-order valence-corrected chi connectivity index (χ2v) is 3.79. The standard InChI is InChI=1S/C9H20N2O.C2HF3O2/c1-10-7-5-3-4-6-9(12)8-11-2;3-2(4,5)1(6)7/h10-11H,3-8H2,1-2H3;(H,6,7). The second-order valence-electron chi connectivity index (χ2n) is 3.79. The van der Waals surface area contributed by atoms with Gasteiger partial charge >= 0.3 is 12.1 Å². The summed E-state index contributed by atoms with van der Waals surface area (Å²) in [5, 5.41) is 13.1. The lowest BCUT2D eigenvalue weighted by atomic mass is 10.1. The third-order valence-electron chi connectivity index (χ3n) is 2.00. The van der Waals surface area contributed by atoms with Crippen LogP contribution in [0.25, 0.3) is 0 Å². The molecule has 0 aliphatic rings. The van der Waals surface area contributed by atoms with Gasteiger partial charge in [-0.1, -0.05) is 6.42 Å². The molecule has 5 nitrogen and oxygen atoms in total. The maximum Gasteiger partial charge on any atom is 0.490 e. The van der Waals surface area contributed by atoms with Gasteiger partial charge in [0.15, 0.2) is 0 Å². The molecular formula is C11H21F3N2O3. The van der Waals surface area contributed by atoms with Crippen LogP contribution in [0.3, 0.4) is 0 Å². The van der Waals surface area contributed by atoms with Crippen molar-refractivity contribution < 1.29 is 27.9 Å². The zero-order valence-corrected chi connectivity index (χ0v) is 11.1. The van der Waals surface area contributed by atoms with E-state index >= 15 is 0 Å². The molecule has 0 saturated carbocycles. The highest BCUT2D eigenvalue weighted by Gasteiger charge is 2.38. The number of hydrogen-bond acceptors (Lipinski definition) is 4. The second kappa shape index (κ2) is 11.9. The summed E-state index contributed by atoms with van der Waals surface area (Å²) >= 11 is 0. The molecule has 0 aromatic heterocycles. The Morgan fingerprint density at radius 2 is 1.58 bits per heavy atom. The Bertz CT molecular complexity index is 258. The number of carboxylic acids is 1. The van der Waals surface area contributed by atoms with E-state index in [0.29, 0.717) is 12.3 Å². The molecule has 0 saturated heterocycles. The summed E-state index contributed by atoms with van der Waals surface area (Å²) in [6.45, 7) is 1.58. The molecule has 8 heteroatoms. The average Bonchev–Trinajstić information content (AvgIpc) is 2.28. The Hall–Kier alpha value is -1.15. The zero-order valence-electron chi connectivity index (χ0n) is 11.1. The number of carboxylic acid groups (broad SMARTS) is 1. The van der Waals surface area contributed by atoms with E-state index in [2.05, 4.69) is 10.6 Å². The maximum absolute atomic E-state index is 11.0. The van der Waals surface area contributed by atoms with Crippen LogP contribution >= 0.6 is 0 Å². The summed E-state index contributed by atoms with van der Waals surface area (Å²) < 4.78 is 31.7. The summed E-state index contributed by atoms with van der Waals surface area (Å²) in [6.07, 6.45) is -1.01. The van der Waals surface area contributed by atoms with Gasteiger partial charge in [-0.2, -0.15) is 13.2 Å². The number of halogens is 3. The summed E-state index contributed by atoms with van der Waals surface area (Å²) in [7, 11) is 3.76. The molecule has 0 unspecified atom stereocenters. The zero-order chi connectivity index (χ0) is 15.3. The largest absolute Gasteiger partial charge is 0.490 e. The van der Waals surface area contributed by atoms with Crippen molar-refractivity contribution in [2.75, 3.05) is 27.2 Å². The molecule has 3 N–H and O–H groups in total. The Morgan fingerprint density at radius 1 is 1.05 bits per heavy atom. The Balaban J connectivity index is 0. The van der Waals surface area contributed by atoms with Gasteiger partial charge in [-0.05, 0) is 33.5 Å². The lowest BCUT2D eigenvalue weighted by molar-refractivity contribution is -0.192. The molecular weight excluding hydrogens is 265 g/mol. The third-order valence-corrected chi connectivity index (χ3v) is 2.00. The number of alkyl halides is 3. The molecule has 0 aromatic carbocycles. The van der Waals surface area contributed by atoms with Crippen LogP contribution in [0.5, 0.6) is 0 Å². The van der Waals surface area contributed by atoms with Crippen molar-refractivity contribution in [1.29, 1.82) is 0 Å². The molecule has 0 radical (unpaired) electrons. The summed E-state index contributed by atoms with van der Waals surface area (Å²) in [5.74, 6) is -2.44. The fraction of sp³-hybridized carbons (Fsp3) is 0.818. The first kappa shape index (κ1) is 20.2. The van der Waals surface area contributed by atoms with Crippen LogP contribution in [0, 0.1) is 0 Å². The summed E-state index contributed by atoms with van der Waals surface area (Å²) in [4.78, 5) is 19.9. The van der Waals surface area contributed by atoms with Gasteiger partial charge in [0.2, 0.25) is 0 Å². The number of carbonyl (C=O) groups is 2. The van der Waals surface area contributed by atoms with Crippen LogP contribution in [0.2, 0.25) is 0 Å². The van der Waals surface area contributed by atoms with Gasteiger partial charge in [0.05, 0.1) is 6.54 Å². The Morgan fingerprint density at radius 3 is 1.95 bits per heavy atom. The molecule has 0 heterocycles. The Kier molecular flexibility index (Phi) is 12.6. The first-order chi connectivity index (χ1) is 8.75. The van der Waals surface area contributed by atoms with Crippen molar-refractivity contribution in [1.82, 2.24) is 10.6 Å². The molecule has 0 amide bonds. The predicted molar refractivity (Wildman–Crippen MR) is 65.0 cm³/mol. The maximum atomic E-state index is 11.0. The number of unbranched alkanes of at least 4 members (excludes halogenated alkanes) is 2. The van der Waals surface area contributed by atoms with E-state index in [4.69, 9.17) is 9.90 Å². The number of hydrogen-bond donors (Lipinski definition) is 3. The highest BCUT2D eigenvalue weighted by molar-refractivity contribution is 5.80. The van der Waals surface area contributed by atoms with Gasteiger partial charge in [-0.3, -0.25) is 4.79 Å². The van der Waals surface area contributed by atoms with Crippen LogP contribution in [0.15, 0.2) is 0 Å². The monoisotopic (exact) mass is 286 g/mol. The van der Waals surface area contributed by atoms with Gasteiger partial charge in [0, 0.05) is 6.42 Å². The van der Waals surface area contributed by atoms with Crippen molar-refractivity contribution in [3.05, 3.63) is 0 Å². The minimum atomic E-state index is -5.08. The normalized spacial score (nSPS) is 10.6. The molecule has 114 valence electrons. The topological polar surface area (TPSA) is 78.4 Å². The molecule has 0 rings (SSSR count). The van der Waals surface area contributed by atoms with Gasteiger partial charge in [0.1, 0.15) is 5.78 Å². The molecule has 19 heavy (non-hydrogen) atoms. The van der Waals surface area contributed by atoms with E-state index in [0.717, 1.165) is 25.8 Å². The highest BCUT2D eigenvalue weighted by atomic mass is 19.4. The van der Waals surface area contributed by atoms with E-state index in [1.165, 1.54) is 6.42 Å². The van der Waals surface area contributed by atoms with E-state index in [1.807, 2.05) is 7.05 Å². The van der Waals surface area contributed by atoms with Crippen LogP contribution in [0.4, 0.5) is 13.2 Å². The molecule has 0 fully saturated rings. The lowest BCUT2D eigenvalue weighted by Gasteiger charge is -2.00. The van der Waals surface area contributed by atoms with Crippen LogP contribution in [-0.4, -0.2) is 50.2 Å². The number of ketones is 1. The SMILES string of the molecule is CNCCCCCC(=O)CNC.O=C(O)C(F)(F)F. The molecule has 0 aliphatic heterocycles. The average molecular weight is 286 g/mol. The minimum absolute atomic E-state index is 0.321. The molecule has 0 aliphatic carbocycles. The molecule has 0 bridgehead atoms. The van der Waals surface area contributed by atoms with Crippen molar-refractivity contribution >= 4 is 11.8 Å². The smallest absolute Gasteiger partial charge is 0.475 e. The number of likely N-dealkylation sites (N-methyl/N-ethyl adjacent to an activating group) is 1. The van der Waals surface area contributed by atoms with E-state index in [-0.39, 0.29) is 0 Å². The third kappa shape index (κ3) is 16.9. The van der Waals surface area contributed by atoms with Gasteiger partial charge in [-0.25, -0.2) is 4.79 Å². The molecule has 0 spiro atoms. The van der Waals surface area contributed by atoms with Gasteiger partial charge in [-0.15, -0.1) is 0 Å². The highest BCUT2D eigenvalue weighted by Crippen LogP contribution is 2.13. The quantitative estimate of drug-likeness (QED) is 0.584. The number of Topliss-reactive ketones (excluding diaryl/α,β-unsaturated/α-hetero) is 1. The van der Waals surface area contributed by atoms with Crippen LogP contribution in [-0.2, 0) is 9.59 Å². The lowest BCUT2D eigenvalue weighted by Crippen LogP contribution is -2.21. The van der Waals surface area contributed by atoms with Crippen LogP contribution < -0.4 is 10.6 Å². The van der Waals surface area contributed by atoms with E-state index in [1.54, 1.807) is 7.05 Å². The molecule has 0 aromatic rings. The predicted octanol–water partition coefficient (Wildman–Crippen LogP) is 1.19. The van der Waals surface area contributed by atoms with E-state index in [9.17, 15) is 18.0 Å². The van der Waals surface area contributed by atoms with Crippen molar-refractivity contribution in [3.63, 3.8) is 0 Å². The summed E-state index contributed by atoms with van der Waals surface area (Å²) in [6, 6.07) is 0. The van der Waals surface area contributed by atoms with Gasteiger partial charge in [0.25, 0.3) is 0 Å². The number of nitrogens with one attached hydrogen (secondary N) is 2. The fourth-order valence-corrected chi connectivity index (χ4v) is 1.09. The van der Waals surface area contributed by atoms with Crippen LogP contribution in [0.1, 0.15) is 25.7 Å². The first-order valence-electron chi connectivity index (χ1n) is 5.86. The summed E-state index contributed by atoms with van der Waals surface area (Å²) in [5.41, 5.74) is 0. The number of carbonyl (C=O) groups excluding carboxylic acids is 1. The van der Waals surface area contributed by atoms with Crippen molar-refractivity contribution in [2.24, 2.45) is 0 Å². The van der Waals surface area contributed by atoms with Gasteiger partial charge < -0.3 is 15.7 Å². The number of aliphatic carboxylic acids is 1. The molecule has 0 atom stereocenters. The van der Waals surface area contributed by atoms with Crippen molar-refractivity contribution in [3.8, 4) is 0 Å². The van der Waals surface area contributed by atoms with Crippen molar-refractivity contribution in [2.45, 2.75) is 31.9 Å². The first-order valence-corrected chi connectivity index (χ1v) is 5.86. The Labute approximate surface area is 110 Å². The van der Waals surface area contributed by atoms with E-state index < -0.39 is 12.1 Å². The minimum Gasteiger partial charge on any atom is -0.475 e. The number of rotatable bonds is 8.